The van der Waals surface area contributed by atoms with Gasteiger partial charge in [0.15, 0.2) is 0 Å². The zero-order valence-electron chi connectivity index (χ0n) is 9.61. The summed E-state index contributed by atoms with van der Waals surface area (Å²) in [4.78, 5) is 0. The van der Waals surface area contributed by atoms with E-state index in [4.69, 9.17) is 0 Å². The molecule has 1 saturated carbocycles. The van der Waals surface area contributed by atoms with Crippen LogP contribution in [0.25, 0.3) is 0 Å². The maximum Gasteiger partial charge on any atom is 0.0598 e. The van der Waals surface area contributed by atoms with E-state index >= 15 is 0 Å². The molecule has 1 aromatic heterocycles. The Balaban J connectivity index is 1.95. The van der Waals surface area contributed by atoms with Gasteiger partial charge >= 0.3 is 0 Å². The fourth-order valence-electron chi connectivity index (χ4n) is 2.10. The second kappa shape index (κ2) is 4.35. The number of aliphatic hydroxyl groups excluding tert-OH is 1. The van der Waals surface area contributed by atoms with Gasteiger partial charge in [0, 0.05) is 18.7 Å². The number of aromatic nitrogens is 2. The summed E-state index contributed by atoms with van der Waals surface area (Å²) < 4.78 is 1.99. The maximum absolute atomic E-state index is 9.90. The molecule has 1 aliphatic rings. The zero-order chi connectivity index (χ0) is 10.8. The quantitative estimate of drug-likeness (QED) is 0.802. The van der Waals surface area contributed by atoms with Crippen LogP contribution in [-0.2, 0) is 13.0 Å². The molecule has 1 aromatic rings. The first kappa shape index (κ1) is 10.7. The molecule has 0 aromatic carbocycles. The minimum atomic E-state index is -0.182. The predicted octanol–water partition coefficient (Wildman–Crippen LogP) is 1.91. The van der Waals surface area contributed by atoms with Gasteiger partial charge in [0.1, 0.15) is 0 Å². The number of rotatable bonds is 5. The first-order valence-electron chi connectivity index (χ1n) is 5.90. The Morgan fingerprint density at radius 3 is 2.93 bits per heavy atom. The Morgan fingerprint density at radius 2 is 2.33 bits per heavy atom. The van der Waals surface area contributed by atoms with Gasteiger partial charge in [0.2, 0.25) is 0 Å². The van der Waals surface area contributed by atoms with Crippen molar-refractivity contribution in [1.82, 2.24) is 9.78 Å². The van der Waals surface area contributed by atoms with Crippen molar-refractivity contribution in [2.75, 3.05) is 0 Å². The standard InChI is InChI=1S/C12H20N2O/c1-3-14-11(6-9(2)13-14)8-12(15)7-10-4-5-10/h6,10,12,15H,3-5,7-8H2,1-2H3. The summed E-state index contributed by atoms with van der Waals surface area (Å²) in [7, 11) is 0. The van der Waals surface area contributed by atoms with Crippen molar-refractivity contribution >= 4 is 0 Å². The van der Waals surface area contributed by atoms with E-state index in [0.29, 0.717) is 0 Å². The zero-order valence-corrected chi connectivity index (χ0v) is 9.61. The molecular formula is C12H20N2O. The third kappa shape index (κ3) is 2.81. The Hall–Kier alpha value is -0.830. The molecular weight excluding hydrogens is 188 g/mol. The third-order valence-electron chi connectivity index (χ3n) is 3.03. The molecule has 2 rings (SSSR count). The fraction of sp³-hybridized carbons (Fsp3) is 0.750. The first-order valence-corrected chi connectivity index (χ1v) is 5.90. The molecule has 1 atom stereocenters. The second-order valence-corrected chi connectivity index (χ2v) is 4.63. The van der Waals surface area contributed by atoms with E-state index in [1.807, 2.05) is 11.6 Å². The number of aliphatic hydroxyl groups is 1. The molecule has 1 aliphatic carbocycles. The number of hydrogen-bond donors (Lipinski definition) is 1. The Morgan fingerprint density at radius 1 is 1.60 bits per heavy atom. The van der Waals surface area contributed by atoms with Crippen LogP contribution in [0.5, 0.6) is 0 Å². The van der Waals surface area contributed by atoms with Crippen LogP contribution in [0.15, 0.2) is 6.07 Å². The van der Waals surface area contributed by atoms with Crippen molar-refractivity contribution in [1.29, 1.82) is 0 Å². The molecule has 3 heteroatoms. The smallest absolute Gasteiger partial charge is 0.0598 e. The van der Waals surface area contributed by atoms with Crippen LogP contribution in [0.1, 0.15) is 37.6 Å². The van der Waals surface area contributed by atoms with Crippen LogP contribution in [-0.4, -0.2) is 21.0 Å². The summed E-state index contributed by atoms with van der Waals surface area (Å²) >= 11 is 0. The minimum absolute atomic E-state index is 0.182. The van der Waals surface area contributed by atoms with Crippen LogP contribution >= 0.6 is 0 Å². The molecule has 0 bridgehead atoms. The van der Waals surface area contributed by atoms with Crippen molar-refractivity contribution in [3.63, 3.8) is 0 Å². The molecule has 0 spiro atoms. The molecule has 1 unspecified atom stereocenters. The Bertz CT molecular complexity index is 328. The molecule has 0 aliphatic heterocycles. The molecule has 3 nitrogen and oxygen atoms in total. The lowest BCUT2D eigenvalue weighted by Gasteiger charge is -2.10. The van der Waals surface area contributed by atoms with Crippen molar-refractivity contribution in [3.05, 3.63) is 17.5 Å². The predicted molar refractivity (Wildman–Crippen MR) is 59.7 cm³/mol. The maximum atomic E-state index is 9.90. The van der Waals surface area contributed by atoms with E-state index in [2.05, 4.69) is 18.1 Å². The van der Waals surface area contributed by atoms with Crippen LogP contribution in [0.4, 0.5) is 0 Å². The van der Waals surface area contributed by atoms with Gasteiger partial charge in [-0.3, -0.25) is 4.68 Å². The number of nitrogens with zero attached hydrogens (tertiary/aromatic N) is 2. The van der Waals surface area contributed by atoms with Crippen molar-refractivity contribution in [2.45, 2.75) is 52.2 Å². The van der Waals surface area contributed by atoms with E-state index in [1.54, 1.807) is 0 Å². The summed E-state index contributed by atoms with van der Waals surface area (Å²) in [5.41, 5.74) is 2.22. The highest BCUT2D eigenvalue weighted by molar-refractivity contribution is 5.10. The molecule has 0 saturated heterocycles. The molecule has 15 heavy (non-hydrogen) atoms. The number of aryl methyl sites for hydroxylation is 2. The molecule has 0 radical (unpaired) electrons. The highest BCUT2D eigenvalue weighted by Crippen LogP contribution is 2.34. The highest BCUT2D eigenvalue weighted by Gasteiger charge is 2.25. The summed E-state index contributed by atoms with van der Waals surface area (Å²) in [6.07, 6.45) is 4.16. The lowest BCUT2D eigenvalue weighted by atomic mass is 10.1. The summed E-state index contributed by atoms with van der Waals surface area (Å²) in [6.45, 7) is 4.98. The third-order valence-corrected chi connectivity index (χ3v) is 3.03. The van der Waals surface area contributed by atoms with E-state index in [0.717, 1.165) is 31.0 Å². The average molecular weight is 208 g/mol. The van der Waals surface area contributed by atoms with E-state index in [9.17, 15) is 5.11 Å². The topological polar surface area (TPSA) is 38.0 Å². The van der Waals surface area contributed by atoms with Gasteiger partial charge in [-0.2, -0.15) is 5.10 Å². The van der Waals surface area contributed by atoms with Crippen molar-refractivity contribution < 1.29 is 5.11 Å². The Kier molecular flexibility index (Phi) is 3.10. The van der Waals surface area contributed by atoms with Crippen molar-refractivity contribution in [3.8, 4) is 0 Å². The van der Waals surface area contributed by atoms with E-state index in [-0.39, 0.29) is 6.10 Å². The van der Waals surface area contributed by atoms with Crippen molar-refractivity contribution in [2.24, 2.45) is 5.92 Å². The highest BCUT2D eigenvalue weighted by atomic mass is 16.3. The van der Waals surface area contributed by atoms with Crippen LogP contribution in [0.2, 0.25) is 0 Å². The van der Waals surface area contributed by atoms with E-state index < -0.39 is 0 Å². The van der Waals surface area contributed by atoms with Gasteiger partial charge in [-0.1, -0.05) is 12.8 Å². The second-order valence-electron chi connectivity index (χ2n) is 4.63. The fourth-order valence-corrected chi connectivity index (χ4v) is 2.10. The molecule has 1 N–H and O–H groups in total. The molecule has 1 fully saturated rings. The molecule has 0 amide bonds. The lowest BCUT2D eigenvalue weighted by Crippen LogP contribution is -2.14. The minimum Gasteiger partial charge on any atom is -0.393 e. The number of hydrogen-bond acceptors (Lipinski definition) is 2. The van der Waals surface area contributed by atoms with Gasteiger partial charge in [0.25, 0.3) is 0 Å². The summed E-state index contributed by atoms with van der Waals surface area (Å²) in [5.74, 6) is 0.791. The van der Waals surface area contributed by atoms with Gasteiger partial charge in [-0.25, -0.2) is 0 Å². The van der Waals surface area contributed by atoms with Gasteiger partial charge in [-0.15, -0.1) is 0 Å². The SMILES string of the molecule is CCn1nc(C)cc1CC(O)CC1CC1. The van der Waals surface area contributed by atoms with Gasteiger partial charge in [-0.05, 0) is 32.3 Å². The van der Waals surface area contributed by atoms with Gasteiger partial charge < -0.3 is 5.11 Å². The van der Waals surface area contributed by atoms with Gasteiger partial charge in [0.05, 0.1) is 11.8 Å². The van der Waals surface area contributed by atoms with Crippen LogP contribution < -0.4 is 0 Å². The van der Waals surface area contributed by atoms with E-state index in [1.165, 1.54) is 18.5 Å². The average Bonchev–Trinajstić information content (AvgIpc) is 2.90. The molecule has 1 heterocycles. The van der Waals surface area contributed by atoms with Crippen LogP contribution in [0.3, 0.4) is 0 Å². The summed E-state index contributed by atoms with van der Waals surface area (Å²) in [5, 5.41) is 14.3. The largest absolute Gasteiger partial charge is 0.393 e. The monoisotopic (exact) mass is 208 g/mol. The first-order chi connectivity index (χ1) is 7.19. The lowest BCUT2D eigenvalue weighted by molar-refractivity contribution is 0.155. The Labute approximate surface area is 91.1 Å². The van der Waals surface area contributed by atoms with Crippen LogP contribution in [0, 0.1) is 12.8 Å². The normalized spacial score (nSPS) is 18.1. The summed E-state index contributed by atoms with van der Waals surface area (Å²) in [6, 6.07) is 2.08. The molecule has 84 valence electrons.